The average Bonchev–Trinajstić information content (AvgIpc) is 3.16. The maximum atomic E-state index is 12.0. The Hall–Kier alpha value is -1.12. The number of nitrogens with one attached hydrogen (secondary N) is 2. The lowest BCUT2D eigenvalue weighted by atomic mass is 9.98. The van der Waals surface area contributed by atoms with E-state index in [-0.39, 0.29) is 5.91 Å². The monoisotopic (exact) mass is 250 g/mol. The van der Waals surface area contributed by atoms with Crippen LogP contribution in [-0.4, -0.2) is 48.6 Å². The highest BCUT2D eigenvalue weighted by Crippen LogP contribution is 2.39. The Morgan fingerprint density at radius 1 is 1.61 bits per heavy atom. The van der Waals surface area contributed by atoms with Crippen LogP contribution in [0, 0.1) is 17.2 Å². The summed E-state index contributed by atoms with van der Waals surface area (Å²) in [4.78, 5) is 14.2. The van der Waals surface area contributed by atoms with Crippen LogP contribution in [0.1, 0.15) is 26.7 Å². The van der Waals surface area contributed by atoms with E-state index in [0.29, 0.717) is 18.5 Å². The molecule has 1 amide bonds. The van der Waals surface area contributed by atoms with Gasteiger partial charge in [0, 0.05) is 25.7 Å². The van der Waals surface area contributed by atoms with E-state index in [1.54, 1.807) is 0 Å². The molecule has 18 heavy (non-hydrogen) atoms. The van der Waals surface area contributed by atoms with E-state index in [4.69, 9.17) is 0 Å². The van der Waals surface area contributed by atoms with Crippen LogP contribution in [0.5, 0.6) is 0 Å². The fourth-order valence-corrected chi connectivity index (χ4v) is 2.51. The predicted octanol–water partition coefficient (Wildman–Crippen LogP) is 0.0886. The molecule has 0 aromatic heterocycles. The Kier molecular flexibility index (Phi) is 3.88. The molecular formula is C13H22N4O. The van der Waals surface area contributed by atoms with Crippen molar-refractivity contribution in [3.05, 3.63) is 0 Å². The minimum atomic E-state index is -0.672. The fraction of sp³-hybridized carbons (Fsp3) is 0.846. The maximum absolute atomic E-state index is 12.0. The van der Waals surface area contributed by atoms with Crippen molar-refractivity contribution in [2.45, 2.75) is 38.3 Å². The zero-order chi connectivity index (χ0) is 13.2. The molecule has 0 bridgehead atoms. The van der Waals surface area contributed by atoms with Crippen LogP contribution in [0.25, 0.3) is 0 Å². The van der Waals surface area contributed by atoms with Gasteiger partial charge in [-0.25, -0.2) is 0 Å². The molecule has 0 aromatic rings. The van der Waals surface area contributed by atoms with Crippen molar-refractivity contribution in [2.24, 2.45) is 5.92 Å². The zero-order valence-corrected chi connectivity index (χ0v) is 11.2. The van der Waals surface area contributed by atoms with Crippen molar-refractivity contribution in [3.63, 3.8) is 0 Å². The largest absolute Gasteiger partial charge is 0.337 e. The van der Waals surface area contributed by atoms with E-state index in [0.717, 1.165) is 32.5 Å². The molecule has 5 heteroatoms. The third kappa shape index (κ3) is 3.01. The molecule has 2 N–H and O–H groups in total. The van der Waals surface area contributed by atoms with E-state index in [1.807, 2.05) is 6.92 Å². The zero-order valence-electron chi connectivity index (χ0n) is 11.2. The van der Waals surface area contributed by atoms with Crippen LogP contribution >= 0.6 is 0 Å². The molecule has 0 aromatic carbocycles. The van der Waals surface area contributed by atoms with Gasteiger partial charge >= 0.3 is 0 Å². The lowest BCUT2D eigenvalue weighted by Gasteiger charge is -2.34. The van der Waals surface area contributed by atoms with Gasteiger partial charge in [-0.05, 0) is 32.6 Å². The first-order chi connectivity index (χ1) is 8.55. The van der Waals surface area contributed by atoms with Crippen LogP contribution in [-0.2, 0) is 4.79 Å². The fourth-order valence-electron chi connectivity index (χ4n) is 2.51. The Bertz CT molecular complexity index is 360. The molecule has 5 nitrogen and oxygen atoms in total. The standard InChI is InChI=1S/C13H22N4O/c1-10-7-15-5-6-17(10)8-12(18)16-13(2,9-14)11-3-4-11/h10-11,15H,3-8H2,1-2H3,(H,16,18)/t10-,13?/m1/s1. The van der Waals surface area contributed by atoms with Gasteiger partial charge in [0.1, 0.15) is 5.54 Å². The van der Waals surface area contributed by atoms with Gasteiger partial charge in [-0.15, -0.1) is 0 Å². The summed E-state index contributed by atoms with van der Waals surface area (Å²) in [6.07, 6.45) is 2.10. The topological polar surface area (TPSA) is 68.2 Å². The molecule has 100 valence electrons. The summed E-state index contributed by atoms with van der Waals surface area (Å²) < 4.78 is 0. The van der Waals surface area contributed by atoms with Crippen LogP contribution < -0.4 is 10.6 Å². The summed E-state index contributed by atoms with van der Waals surface area (Å²) in [7, 11) is 0. The van der Waals surface area contributed by atoms with Gasteiger partial charge in [0.15, 0.2) is 0 Å². The third-order valence-corrected chi connectivity index (χ3v) is 4.01. The molecule has 2 aliphatic rings. The number of carbonyl (C=O) groups is 1. The van der Waals surface area contributed by atoms with Gasteiger partial charge < -0.3 is 10.6 Å². The number of amides is 1. The summed E-state index contributed by atoms with van der Waals surface area (Å²) in [5, 5.41) is 15.4. The molecular weight excluding hydrogens is 228 g/mol. The van der Waals surface area contributed by atoms with Crippen molar-refractivity contribution in [3.8, 4) is 6.07 Å². The highest BCUT2D eigenvalue weighted by Gasteiger charge is 2.43. The SMILES string of the molecule is C[C@@H]1CNCCN1CC(=O)NC(C)(C#N)C1CC1. The number of nitriles is 1. The second-order valence-corrected chi connectivity index (χ2v) is 5.66. The molecule has 1 saturated carbocycles. The number of rotatable bonds is 4. The molecule has 0 spiro atoms. The van der Waals surface area contributed by atoms with Crippen molar-refractivity contribution in [1.29, 1.82) is 5.26 Å². The first kappa shape index (κ1) is 13.3. The summed E-state index contributed by atoms with van der Waals surface area (Å²) in [5.41, 5.74) is -0.672. The molecule has 0 radical (unpaired) electrons. The van der Waals surface area contributed by atoms with Gasteiger partial charge in [-0.2, -0.15) is 5.26 Å². The summed E-state index contributed by atoms with van der Waals surface area (Å²) in [5.74, 6) is 0.312. The first-order valence-corrected chi connectivity index (χ1v) is 6.72. The quantitative estimate of drug-likeness (QED) is 0.742. The molecule has 1 heterocycles. The van der Waals surface area contributed by atoms with Crippen molar-refractivity contribution >= 4 is 5.91 Å². The molecule has 1 aliphatic heterocycles. The minimum absolute atomic E-state index is 0.0281. The van der Waals surface area contributed by atoms with Gasteiger partial charge in [0.25, 0.3) is 0 Å². The molecule has 1 aliphatic carbocycles. The molecule has 2 rings (SSSR count). The van der Waals surface area contributed by atoms with E-state index >= 15 is 0 Å². The predicted molar refractivity (Wildman–Crippen MR) is 68.8 cm³/mol. The summed E-state index contributed by atoms with van der Waals surface area (Å²) >= 11 is 0. The molecule has 2 fully saturated rings. The number of piperazine rings is 1. The van der Waals surface area contributed by atoms with Gasteiger partial charge in [0.2, 0.25) is 5.91 Å². The van der Waals surface area contributed by atoms with Crippen LogP contribution in [0.4, 0.5) is 0 Å². The number of hydrogen-bond acceptors (Lipinski definition) is 4. The van der Waals surface area contributed by atoms with Gasteiger partial charge in [-0.3, -0.25) is 9.69 Å². The number of carbonyl (C=O) groups excluding carboxylic acids is 1. The molecule has 2 atom stereocenters. The van der Waals surface area contributed by atoms with E-state index in [2.05, 4.69) is 28.5 Å². The van der Waals surface area contributed by atoms with Crippen LogP contribution in [0.15, 0.2) is 0 Å². The number of hydrogen-bond donors (Lipinski definition) is 2. The smallest absolute Gasteiger partial charge is 0.235 e. The normalized spacial score (nSPS) is 28.2. The third-order valence-electron chi connectivity index (χ3n) is 4.01. The van der Waals surface area contributed by atoms with E-state index in [9.17, 15) is 10.1 Å². The Labute approximate surface area is 109 Å². The molecule has 1 saturated heterocycles. The van der Waals surface area contributed by atoms with Crippen LogP contribution in [0.3, 0.4) is 0 Å². The number of nitrogens with zero attached hydrogens (tertiary/aromatic N) is 2. The Balaban J connectivity index is 1.86. The Morgan fingerprint density at radius 3 is 2.89 bits per heavy atom. The first-order valence-electron chi connectivity index (χ1n) is 6.72. The molecule has 1 unspecified atom stereocenters. The van der Waals surface area contributed by atoms with Crippen LogP contribution in [0.2, 0.25) is 0 Å². The Morgan fingerprint density at radius 2 is 2.33 bits per heavy atom. The van der Waals surface area contributed by atoms with E-state index < -0.39 is 5.54 Å². The highest BCUT2D eigenvalue weighted by molar-refractivity contribution is 5.79. The van der Waals surface area contributed by atoms with Gasteiger partial charge in [0.05, 0.1) is 12.6 Å². The van der Waals surface area contributed by atoms with Crippen molar-refractivity contribution < 1.29 is 4.79 Å². The summed E-state index contributed by atoms with van der Waals surface area (Å²) in [6, 6.07) is 2.63. The second-order valence-electron chi connectivity index (χ2n) is 5.66. The van der Waals surface area contributed by atoms with E-state index in [1.165, 1.54) is 0 Å². The lowest BCUT2D eigenvalue weighted by Crippen LogP contribution is -2.55. The maximum Gasteiger partial charge on any atom is 0.235 e. The van der Waals surface area contributed by atoms with Gasteiger partial charge in [-0.1, -0.05) is 0 Å². The van der Waals surface area contributed by atoms with Crippen molar-refractivity contribution in [2.75, 3.05) is 26.2 Å². The minimum Gasteiger partial charge on any atom is -0.337 e. The average molecular weight is 250 g/mol. The summed E-state index contributed by atoms with van der Waals surface area (Å²) in [6.45, 7) is 7.09. The second kappa shape index (κ2) is 5.25. The highest BCUT2D eigenvalue weighted by atomic mass is 16.2. The van der Waals surface area contributed by atoms with Crippen molar-refractivity contribution in [1.82, 2.24) is 15.5 Å². The lowest BCUT2D eigenvalue weighted by molar-refractivity contribution is -0.124.